The average Bonchev–Trinajstić information content (AvgIpc) is 2.38. The van der Waals surface area contributed by atoms with Crippen LogP contribution in [0.5, 0.6) is 5.75 Å². The number of aromatic nitrogens is 3. The number of ether oxygens (including phenoxy) is 1. The minimum atomic E-state index is -0.136. The summed E-state index contributed by atoms with van der Waals surface area (Å²) in [5.41, 5.74) is 1.65. The number of H-pyrrole nitrogens is 1. The van der Waals surface area contributed by atoms with Crippen LogP contribution in [0, 0.1) is 0 Å². The third-order valence-corrected chi connectivity index (χ3v) is 2.68. The first-order valence-corrected chi connectivity index (χ1v) is 5.72. The van der Waals surface area contributed by atoms with E-state index < -0.39 is 0 Å². The van der Waals surface area contributed by atoms with Gasteiger partial charge in [0, 0.05) is 11.8 Å². The largest absolute Gasteiger partial charge is 0.494 e. The van der Waals surface area contributed by atoms with Crippen LogP contribution in [-0.2, 0) is 0 Å². The molecule has 94 valence electrons. The standard InChI is InChI=1S/C13H15N3O2/c1-8(2)10-12(15-7-16-13(10)17)11-9(18-3)5-4-6-14-11/h4-8H,1-3H3,(H,15,16,17). The van der Waals surface area contributed by atoms with E-state index in [1.54, 1.807) is 25.4 Å². The lowest BCUT2D eigenvalue weighted by molar-refractivity contribution is 0.414. The minimum absolute atomic E-state index is 0.0594. The Morgan fingerprint density at radius 1 is 1.28 bits per heavy atom. The number of methoxy groups -OCH3 is 1. The van der Waals surface area contributed by atoms with E-state index in [4.69, 9.17) is 4.74 Å². The topological polar surface area (TPSA) is 67.9 Å². The molecule has 0 aromatic carbocycles. The molecule has 1 N–H and O–H groups in total. The molecule has 2 heterocycles. The van der Waals surface area contributed by atoms with Gasteiger partial charge in [0.05, 0.1) is 13.4 Å². The first kappa shape index (κ1) is 12.3. The first-order valence-electron chi connectivity index (χ1n) is 5.72. The van der Waals surface area contributed by atoms with Crippen molar-refractivity contribution in [3.05, 3.63) is 40.6 Å². The molecule has 0 bridgehead atoms. The second-order valence-corrected chi connectivity index (χ2v) is 4.20. The van der Waals surface area contributed by atoms with Crippen molar-refractivity contribution in [1.82, 2.24) is 15.0 Å². The molecule has 0 radical (unpaired) electrons. The number of pyridine rings is 1. The van der Waals surface area contributed by atoms with Crippen LogP contribution >= 0.6 is 0 Å². The summed E-state index contributed by atoms with van der Waals surface area (Å²) in [5, 5.41) is 0. The van der Waals surface area contributed by atoms with E-state index in [0.29, 0.717) is 22.7 Å². The van der Waals surface area contributed by atoms with Gasteiger partial charge >= 0.3 is 0 Å². The summed E-state index contributed by atoms with van der Waals surface area (Å²) < 4.78 is 5.26. The number of aromatic amines is 1. The zero-order chi connectivity index (χ0) is 13.1. The molecule has 5 nitrogen and oxygen atoms in total. The molecule has 0 aliphatic carbocycles. The van der Waals surface area contributed by atoms with E-state index >= 15 is 0 Å². The predicted octanol–water partition coefficient (Wildman–Crippen LogP) is 1.96. The van der Waals surface area contributed by atoms with Crippen molar-refractivity contribution in [1.29, 1.82) is 0 Å². The molecule has 0 aliphatic heterocycles. The lowest BCUT2D eigenvalue weighted by atomic mass is 10.0. The van der Waals surface area contributed by atoms with Gasteiger partial charge in [0.2, 0.25) is 0 Å². The van der Waals surface area contributed by atoms with E-state index in [1.807, 2.05) is 13.8 Å². The Labute approximate surface area is 105 Å². The summed E-state index contributed by atoms with van der Waals surface area (Å²) in [6.07, 6.45) is 3.04. The maximum Gasteiger partial charge on any atom is 0.254 e. The highest BCUT2D eigenvalue weighted by atomic mass is 16.5. The Hall–Kier alpha value is -2.17. The van der Waals surface area contributed by atoms with E-state index in [0.717, 1.165) is 0 Å². The van der Waals surface area contributed by atoms with Gasteiger partial charge in [-0.15, -0.1) is 0 Å². The van der Waals surface area contributed by atoms with Crippen LogP contribution in [0.15, 0.2) is 29.5 Å². The molecule has 0 saturated heterocycles. The highest BCUT2D eigenvalue weighted by Crippen LogP contribution is 2.29. The molecule has 2 aromatic rings. The Morgan fingerprint density at radius 2 is 2.06 bits per heavy atom. The molecule has 18 heavy (non-hydrogen) atoms. The maximum absolute atomic E-state index is 11.9. The summed E-state index contributed by atoms with van der Waals surface area (Å²) in [5.74, 6) is 0.668. The van der Waals surface area contributed by atoms with Crippen molar-refractivity contribution in [2.24, 2.45) is 0 Å². The molecule has 0 aliphatic rings. The summed E-state index contributed by atoms with van der Waals surface area (Å²) >= 11 is 0. The van der Waals surface area contributed by atoms with Gasteiger partial charge in [0.15, 0.2) is 0 Å². The van der Waals surface area contributed by atoms with Gasteiger partial charge in [-0.3, -0.25) is 9.78 Å². The molecule has 0 atom stereocenters. The second-order valence-electron chi connectivity index (χ2n) is 4.20. The fourth-order valence-corrected chi connectivity index (χ4v) is 1.87. The van der Waals surface area contributed by atoms with Crippen molar-refractivity contribution in [3.8, 4) is 17.1 Å². The minimum Gasteiger partial charge on any atom is -0.494 e. The van der Waals surface area contributed by atoms with Crippen LogP contribution in [0.4, 0.5) is 0 Å². The summed E-state index contributed by atoms with van der Waals surface area (Å²) in [7, 11) is 1.57. The Kier molecular flexibility index (Phi) is 3.41. The van der Waals surface area contributed by atoms with Gasteiger partial charge in [-0.1, -0.05) is 13.8 Å². The number of nitrogens with one attached hydrogen (secondary N) is 1. The van der Waals surface area contributed by atoms with Gasteiger partial charge in [-0.05, 0) is 18.1 Å². The zero-order valence-corrected chi connectivity index (χ0v) is 10.6. The molecule has 2 rings (SSSR count). The molecule has 0 fully saturated rings. The van der Waals surface area contributed by atoms with Crippen LogP contribution in [0.25, 0.3) is 11.4 Å². The van der Waals surface area contributed by atoms with Crippen LogP contribution in [0.3, 0.4) is 0 Å². The average molecular weight is 245 g/mol. The van der Waals surface area contributed by atoms with E-state index in [2.05, 4.69) is 15.0 Å². The Balaban J connectivity index is 2.71. The van der Waals surface area contributed by atoms with Crippen LogP contribution < -0.4 is 10.3 Å². The van der Waals surface area contributed by atoms with E-state index in [9.17, 15) is 4.79 Å². The lowest BCUT2D eigenvalue weighted by Gasteiger charge is -2.11. The molecule has 0 amide bonds. The Morgan fingerprint density at radius 3 is 2.72 bits per heavy atom. The van der Waals surface area contributed by atoms with E-state index in [-0.39, 0.29) is 11.5 Å². The predicted molar refractivity (Wildman–Crippen MR) is 68.7 cm³/mol. The highest BCUT2D eigenvalue weighted by molar-refractivity contribution is 5.65. The van der Waals surface area contributed by atoms with Crippen LogP contribution in [0.1, 0.15) is 25.3 Å². The molecular weight excluding hydrogens is 230 g/mol. The van der Waals surface area contributed by atoms with Gasteiger partial charge in [0.25, 0.3) is 5.56 Å². The van der Waals surface area contributed by atoms with Crippen LogP contribution in [-0.4, -0.2) is 22.1 Å². The first-order chi connectivity index (χ1) is 8.65. The zero-order valence-electron chi connectivity index (χ0n) is 10.6. The molecule has 5 heteroatoms. The molecular formula is C13H15N3O2. The molecule has 2 aromatic heterocycles. The summed E-state index contributed by atoms with van der Waals surface area (Å²) in [6, 6.07) is 3.58. The summed E-state index contributed by atoms with van der Waals surface area (Å²) in [4.78, 5) is 23.0. The lowest BCUT2D eigenvalue weighted by Crippen LogP contribution is -2.16. The van der Waals surface area contributed by atoms with E-state index in [1.165, 1.54) is 6.33 Å². The fourth-order valence-electron chi connectivity index (χ4n) is 1.87. The maximum atomic E-state index is 11.9. The van der Waals surface area contributed by atoms with Crippen molar-refractivity contribution in [2.75, 3.05) is 7.11 Å². The number of hydrogen-bond acceptors (Lipinski definition) is 4. The highest BCUT2D eigenvalue weighted by Gasteiger charge is 2.17. The van der Waals surface area contributed by atoms with Gasteiger partial charge < -0.3 is 9.72 Å². The molecule has 0 spiro atoms. The fraction of sp³-hybridized carbons (Fsp3) is 0.308. The normalized spacial score (nSPS) is 10.7. The molecule has 0 saturated carbocycles. The second kappa shape index (κ2) is 5.00. The number of hydrogen-bond donors (Lipinski definition) is 1. The van der Waals surface area contributed by atoms with Gasteiger partial charge in [0.1, 0.15) is 17.1 Å². The van der Waals surface area contributed by atoms with Crippen molar-refractivity contribution in [2.45, 2.75) is 19.8 Å². The third-order valence-electron chi connectivity index (χ3n) is 2.68. The van der Waals surface area contributed by atoms with Gasteiger partial charge in [-0.2, -0.15) is 0 Å². The smallest absolute Gasteiger partial charge is 0.254 e. The van der Waals surface area contributed by atoms with Crippen molar-refractivity contribution >= 4 is 0 Å². The van der Waals surface area contributed by atoms with Crippen LogP contribution in [0.2, 0.25) is 0 Å². The number of rotatable bonds is 3. The molecule has 0 unspecified atom stereocenters. The number of nitrogens with zero attached hydrogens (tertiary/aromatic N) is 2. The van der Waals surface area contributed by atoms with Crippen molar-refractivity contribution in [3.63, 3.8) is 0 Å². The third kappa shape index (κ3) is 2.11. The Bertz CT molecular complexity index is 605. The SMILES string of the molecule is COc1cccnc1-c1nc[nH]c(=O)c1C(C)C. The van der Waals surface area contributed by atoms with Crippen molar-refractivity contribution < 1.29 is 4.74 Å². The van der Waals surface area contributed by atoms with Gasteiger partial charge in [-0.25, -0.2) is 4.98 Å². The quantitative estimate of drug-likeness (QED) is 0.897. The monoisotopic (exact) mass is 245 g/mol. The summed E-state index contributed by atoms with van der Waals surface area (Å²) in [6.45, 7) is 3.90.